The van der Waals surface area contributed by atoms with Crippen LogP contribution in [0.1, 0.15) is 24.0 Å². The summed E-state index contributed by atoms with van der Waals surface area (Å²) in [6, 6.07) is 29.1. The first-order chi connectivity index (χ1) is 18.8. The van der Waals surface area contributed by atoms with Crippen molar-refractivity contribution in [3.8, 4) is 11.1 Å². The van der Waals surface area contributed by atoms with Gasteiger partial charge >= 0.3 is 0 Å². The van der Waals surface area contributed by atoms with Crippen molar-refractivity contribution >= 4 is 60.7 Å². The van der Waals surface area contributed by atoms with Crippen molar-refractivity contribution in [2.24, 2.45) is 0 Å². The summed E-state index contributed by atoms with van der Waals surface area (Å²) in [5.74, 6) is 0. The molecule has 0 unspecified atom stereocenters. The summed E-state index contributed by atoms with van der Waals surface area (Å²) in [6.07, 6.45) is 15.7. The topological polar surface area (TPSA) is 15.3 Å². The predicted octanol–water partition coefficient (Wildman–Crippen LogP) is 9.93. The zero-order valence-corrected chi connectivity index (χ0v) is 21.8. The molecule has 0 radical (unpaired) electrons. The summed E-state index contributed by atoms with van der Waals surface area (Å²) < 4.78 is 2.70. The molecule has 0 spiro atoms. The molecule has 0 saturated carbocycles. The Bertz CT molecular complexity index is 1860. The van der Waals surface area contributed by atoms with Crippen LogP contribution in [0.3, 0.4) is 0 Å². The number of rotatable bonds is 2. The average molecular weight is 507 g/mol. The Morgan fingerprint density at radius 3 is 2.58 bits per heavy atom. The Balaban J connectivity index is 1.33. The van der Waals surface area contributed by atoms with Gasteiger partial charge < -0.3 is 10.2 Å². The molecule has 3 heteroatoms. The zero-order valence-electron chi connectivity index (χ0n) is 20.9. The Morgan fingerprint density at radius 2 is 1.63 bits per heavy atom. The summed E-state index contributed by atoms with van der Waals surface area (Å²) in [7, 11) is 0. The minimum atomic E-state index is 0.870. The highest BCUT2D eigenvalue weighted by Gasteiger charge is 2.26. The normalized spacial score (nSPS) is 15.8. The van der Waals surface area contributed by atoms with Crippen molar-refractivity contribution < 1.29 is 0 Å². The number of anilines is 3. The van der Waals surface area contributed by atoms with Crippen LogP contribution in [-0.2, 0) is 0 Å². The van der Waals surface area contributed by atoms with Crippen LogP contribution in [0, 0.1) is 0 Å². The van der Waals surface area contributed by atoms with Crippen molar-refractivity contribution in [3.05, 3.63) is 126 Å². The Hall–Kier alpha value is -4.34. The number of hydrogen-bond donors (Lipinski definition) is 1. The van der Waals surface area contributed by atoms with Crippen LogP contribution < -0.4 is 10.2 Å². The lowest BCUT2D eigenvalue weighted by molar-refractivity contribution is 0.909. The smallest absolute Gasteiger partial charge is 0.0709 e. The van der Waals surface area contributed by atoms with E-state index in [-0.39, 0.29) is 0 Å². The second kappa shape index (κ2) is 8.61. The van der Waals surface area contributed by atoms with Gasteiger partial charge in [-0.15, -0.1) is 11.3 Å². The van der Waals surface area contributed by atoms with Gasteiger partial charge in [0.1, 0.15) is 0 Å². The monoisotopic (exact) mass is 506 g/mol. The summed E-state index contributed by atoms with van der Waals surface area (Å²) in [6.45, 7) is 0.870. The van der Waals surface area contributed by atoms with Crippen LogP contribution in [-0.4, -0.2) is 6.54 Å². The molecule has 0 amide bonds. The van der Waals surface area contributed by atoms with Crippen LogP contribution >= 0.6 is 11.3 Å². The van der Waals surface area contributed by atoms with Gasteiger partial charge in [0.25, 0.3) is 0 Å². The molecule has 1 aliphatic carbocycles. The van der Waals surface area contributed by atoms with E-state index in [1.54, 1.807) is 0 Å². The fraction of sp³-hybridized carbons (Fsp3) is 0.0857. The van der Waals surface area contributed by atoms with Gasteiger partial charge in [0.05, 0.1) is 10.4 Å². The van der Waals surface area contributed by atoms with Crippen LogP contribution in [0.4, 0.5) is 17.1 Å². The fourth-order valence-corrected chi connectivity index (χ4v) is 7.35. The van der Waals surface area contributed by atoms with Gasteiger partial charge in [0.15, 0.2) is 0 Å². The van der Waals surface area contributed by atoms with Gasteiger partial charge in [-0.2, -0.15) is 0 Å². The van der Waals surface area contributed by atoms with E-state index in [0.29, 0.717) is 0 Å². The summed E-state index contributed by atoms with van der Waals surface area (Å²) in [4.78, 5) is 2.54. The van der Waals surface area contributed by atoms with Crippen molar-refractivity contribution in [1.82, 2.24) is 0 Å². The first-order valence-corrected chi connectivity index (χ1v) is 14.1. The molecule has 5 aromatic rings. The quantitative estimate of drug-likeness (QED) is 0.256. The first-order valence-electron chi connectivity index (χ1n) is 13.3. The SMILES string of the molecule is C1=CC2=C(CC1)N(c1ccc(-c3cccc4c3NCC=C4)cc1)c1c(ccc3c1sc1ccccc13)C=C2. The molecule has 4 aromatic carbocycles. The molecule has 1 N–H and O–H groups in total. The van der Waals surface area contributed by atoms with Gasteiger partial charge in [-0.3, -0.25) is 0 Å². The molecule has 3 aliphatic rings. The number of thiophene rings is 1. The minimum Gasteiger partial charge on any atom is -0.381 e. The van der Waals surface area contributed by atoms with Crippen molar-refractivity contribution in [2.45, 2.75) is 12.8 Å². The largest absolute Gasteiger partial charge is 0.381 e. The number of hydrogen-bond acceptors (Lipinski definition) is 3. The third-order valence-electron chi connectivity index (χ3n) is 7.89. The van der Waals surface area contributed by atoms with Crippen molar-refractivity contribution in [2.75, 3.05) is 16.8 Å². The second-order valence-electron chi connectivity index (χ2n) is 10.1. The van der Waals surface area contributed by atoms with E-state index in [1.165, 1.54) is 70.8 Å². The first kappa shape index (κ1) is 21.7. The highest BCUT2D eigenvalue weighted by molar-refractivity contribution is 7.26. The van der Waals surface area contributed by atoms with E-state index >= 15 is 0 Å². The van der Waals surface area contributed by atoms with Gasteiger partial charge in [-0.25, -0.2) is 0 Å². The number of nitrogens with one attached hydrogen (secondary N) is 1. The van der Waals surface area contributed by atoms with Crippen LogP contribution in [0.2, 0.25) is 0 Å². The maximum absolute atomic E-state index is 3.58. The number of allylic oxidation sites excluding steroid dienone is 5. The van der Waals surface area contributed by atoms with Crippen molar-refractivity contribution in [1.29, 1.82) is 0 Å². The minimum absolute atomic E-state index is 0.870. The molecule has 0 bridgehead atoms. The van der Waals surface area contributed by atoms with Crippen molar-refractivity contribution in [3.63, 3.8) is 0 Å². The molecule has 38 heavy (non-hydrogen) atoms. The Kier molecular flexibility index (Phi) is 4.92. The van der Waals surface area contributed by atoms with E-state index in [2.05, 4.69) is 126 Å². The summed E-state index contributed by atoms with van der Waals surface area (Å²) in [5, 5.41) is 6.26. The highest BCUT2D eigenvalue weighted by Crippen LogP contribution is 2.48. The Morgan fingerprint density at radius 1 is 0.711 bits per heavy atom. The van der Waals surface area contributed by atoms with E-state index in [1.807, 2.05) is 11.3 Å². The summed E-state index contributed by atoms with van der Waals surface area (Å²) in [5.41, 5.74) is 11.4. The molecule has 182 valence electrons. The second-order valence-corrected chi connectivity index (χ2v) is 11.1. The molecule has 2 nitrogen and oxygen atoms in total. The molecule has 3 heterocycles. The number of para-hydroxylation sites is 1. The molecule has 8 rings (SSSR count). The molecule has 0 atom stereocenters. The molecular formula is C35H26N2S. The van der Waals surface area contributed by atoms with Crippen LogP contribution in [0.5, 0.6) is 0 Å². The zero-order chi connectivity index (χ0) is 25.1. The summed E-state index contributed by atoms with van der Waals surface area (Å²) >= 11 is 1.91. The lowest BCUT2D eigenvalue weighted by Crippen LogP contribution is -2.19. The van der Waals surface area contributed by atoms with Gasteiger partial charge in [-0.05, 0) is 47.7 Å². The molecule has 0 saturated heterocycles. The van der Waals surface area contributed by atoms with Crippen LogP contribution in [0.25, 0.3) is 43.5 Å². The highest BCUT2D eigenvalue weighted by atomic mass is 32.1. The van der Waals surface area contributed by atoms with E-state index < -0.39 is 0 Å². The van der Waals surface area contributed by atoms with E-state index in [0.717, 1.165) is 19.4 Å². The maximum atomic E-state index is 3.58. The molecule has 1 aromatic heterocycles. The lowest BCUT2D eigenvalue weighted by atomic mass is 9.97. The fourth-order valence-electron chi connectivity index (χ4n) is 6.10. The van der Waals surface area contributed by atoms with E-state index in [9.17, 15) is 0 Å². The third-order valence-corrected chi connectivity index (χ3v) is 9.09. The average Bonchev–Trinajstić information content (AvgIpc) is 3.27. The predicted molar refractivity (Wildman–Crippen MR) is 165 cm³/mol. The molecule has 2 aliphatic heterocycles. The third kappa shape index (κ3) is 3.32. The maximum Gasteiger partial charge on any atom is 0.0709 e. The van der Waals surface area contributed by atoms with E-state index in [4.69, 9.17) is 0 Å². The number of nitrogens with zero attached hydrogens (tertiary/aromatic N) is 1. The number of fused-ring (bicyclic) bond motifs is 6. The lowest BCUT2D eigenvalue weighted by Gasteiger charge is -2.31. The number of benzene rings is 4. The standard InChI is InChI=1S/C35H26N2S/c1-3-12-31-24(7-1)14-15-26-18-21-30-29-10-2-4-13-32(29)38-35(30)34(26)37(31)27-19-16-23(17-20-27)28-11-5-8-25-9-6-22-36-33(25)28/h1-2,4-11,13-21,36H,3,12,22H2. The molecular weight excluding hydrogens is 480 g/mol. The molecule has 0 fully saturated rings. The van der Waals surface area contributed by atoms with Gasteiger partial charge in [-0.1, -0.05) is 97.1 Å². The van der Waals surface area contributed by atoms with Crippen LogP contribution in [0.15, 0.2) is 114 Å². The van der Waals surface area contributed by atoms with Gasteiger partial charge in [0.2, 0.25) is 0 Å². The Labute approximate surface area is 226 Å². The van der Waals surface area contributed by atoms with Gasteiger partial charge in [0, 0.05) is 50.2 Å².